The fourth-order valence-corrected chi connectivity index (χ4v) is 3.21. The predicted octanol–water partition coefficient (Wildman–Crippen LogP) is 3.18. The molecule has 0 aliphatic rings. The van der Waals surface area contributed by atoms with Gasteiger partial charge in [0.15, 0.2) is 5.13 Å². The Kier molecular flexibility index (Phi) is 5.09. The van der Waals surface area contributed by atoms with Crippen LogP contribution in [0.25, 0.3) is 0 Å². The van der Waals surface area contributed by atoms with E-state index in [0.29, 0.717) is 5.92 Å². The highest BCUT2D eigenvalue weighted by Crippen LogP contribution is 2.31. The number of nitrogens with zero attached hydrogens (tertiary/aromatic N) is 3. The monoisotopic (exact) mass is 291 g/mol. The van der Waals surface area contributed by atoms with Crippen molar-refractivity contribution in [3.8, 4) is 0 Å². The van der Waals surface area contributed by atoms with Crippen molar-refractivity contribution in [2.75, 3.05) is 11.4 Å². The Balaban J connectivity index is 2.23. The van der Waals surface area contributed by atoms with Crippen molar-refractivity contribution < 1.29 is 5.11 Å². The average molecular weight is 291 g/mol. The highest BCUT2D eigenvalue weighted by molar-refractivity contribution is 7.15. The van der Waals surface area contributed by atoms with Crippen LogP contribution >= 0.6 is 11.3 Å². The van der Waals surface area contributed by atoms with Gasteiger partial charge in [0.2, 0.25) is 0 Å². The average Bonchev–Trinajstić information content (AvgIpc) is 2.90. The molecule has 0 saturated carbocycles. The van der Waals surface area contributed by atoms with E-state index in [-0.39, 0.29) is 6.61 Å². The molecule has 108 valence electrons. The van der Waals surface area contributed by atoms with E-state index in [9.17, 15) is 5.11 Å². The number of aliphatic hydroxyl groups excluding tert-OH is 1. The fourth-order valence-electron chi connectivity index (χ4n) is 2.07. The number of anilines is 1. The van der Waals surface area contributed by atoms with Gasteiger partial charge in [0.1, 0.15) is 0 Å². The van der Waals surface area contributed by atoms with Gasteiger partial charge in [-0.15, -0.1) is 0 Å². The summed E-state index contributed by atoms with van der Waals surface area (Å²) >= 11 is 1.59. The van der Waals surface area contributed by atoms with Gasteiger partial charge in [-0.25, -0.2) is 4.98 Å². The van der Waals surface area contributed by atoms with Gasteiger partial charge in [-0.1, -0.05) is 25.2 Å². The Labute approximate surface area is 124 Å². The quantitative estimate of drug-likeness (QED) is 0.888. The third-order valence-electron chi connectivity index (χ3n) is 3.18. The van der Waals surface area contributed by atoms with Gasteiger partial charge in [-0.2, -0.15) is 0 Å². The van der Waals surface area contributed by atoms with Gasteiger partial charge in [0.25, 0.3) is 0 Å². The molecule has 0 fully saturated rings. The third-order valence-corrected chi connectivity index (χ3v) is 4.30. The highest BCUT2D eigenvalue weighted by atomic mass is 32.1. The minimum atomic E-state index is 0.0675. The zero-order chi connectivity index (χ0) is 14.5. The Morgan fingerprint density at radius 2 is 2.00 bits per heavy atom. The second-order valence-corrected chi connectivity index (χ2v) is 6.05. The van der Waals surface area contributed by atoms with Gasteiger partial charge < -0.3 is 10.0 Å². The molecule has 1 N–H and O–H groups in total. The van der Waals surface area contributed by atoms with Crippen LogP contribution in [0.5, 0.6) is 0 Å². The van der Waals surface area contributed by atoms with E-state index in [1.807, 2.05) is 24.5 Å². The molecule has 0 aromatic carbocycles. The summed E-state index contributed by atoms with van der Waals surface area (Å²) in [7, 11) is 0. The van der Waals surface area contributed by atoms with Crippen molar-refractivity contribution in [2.45, 2.75) is 39.8 Å². The van der Waals surface area contributed by atoms with E-state index in [0.717, 1.165) is 28.8 Å². The van der Waals surface area contributed by atoms with Crippen molar-refractivity contribution in [2.24, 2.45) is 0 Å². The maximum absolute atomic E-state index is 9.47. The van der Waals surface area contributed by atoms with Crippen LogP contribution in [-0.4, -0.2) is 21.6 Å². The van der Waals surface area contributed by atoms with Gasteiger partial charge in [0.05, 0.1) is 17.2 Å². The molecular formula is C15H21N3OS. The molecule has 2 aromatic heterocycles. The van der Waals surface area contributed by atoms with Crippen LogP contribution in [0.3, 0.4) is 0 Å². The van der Waals surface area contributed by atoms with Crippen LogP contribution in [0.2, 0.25) is 0 Å². The number of rotatable bonds is 6. The minimum absolute atomic E-state index is 0.0675. The second-order valence-electron chi connectivity index (χ2n) is 4.99. The van der Waals surface area contributed by atoms with E-state index in [1.54, 1.807) is 11.3 Å². The smallest absolute Gasteiger partial charge is 0.186 e. The number of hydrogen-bond acceptors (Lipinski definition) is 5. The van der Waals surface area contributed by atoms with Crippen molar-refractivity contribution in [1.29, 1.82) is 0 Å². The lowest BCUT2D eigenvalue weighted by atomic mass is 10.1. The minimum Gasteiger partial charge on any atom is -0.391 e. The summed E-state index contributed by atoms with van der Waals surface area (Å²) in [6, 6.07) is 4.04. The number of aromatic nitrogens is 2. The van der Waals surface area contributed by atoms with E-state index >= 15 is 0 Å². The van der Waals surface area contributed by atoms with Gasteiger partial charge in [-0.3, -0.25) is 4.98 Å². The van der Waals surface area contributed by atoms with Crippen LogP contribution in [0.1, 0.15) is 42.8 Å². The molecule has 0 saturated heterocycles. The van der Waals surface area contributed by atoms with Crippen LogP contribution in [-0.2, 0) is 13.2 Å². The molecule has 0 radical (unpaired) electrons. The lowest BCUT2D eigenvalue weighted by Crippen LogP contribution is -2.21. The summed E-state index contributed by atoms with van der Waals surface area (Å²) in [6.45, 7) is 8.11. The molecule has 4 nitrogen and oxygen atoms in total. The second kappa shape index (κ2) is 6.81. The summed E-state index contributed by atoms with van der Waals surface area (Å²) in [5, 5.41) is 10.5. The maximum atomic E-state index is 9.47. The zero-order valence-electron chi connectivity index (χ0n) is 12.2. The Morgan fingerprint density at radius 1 is 1.30 bits per heavy atom. The summed E-state index contributed by atoms with van der Waals surface area (Å²) in [5.74, 6) is 0.335. The molecule has 0 atom stereocenters. The fraction of sp³-hybridized carbons (Fsp3) is 0.467. The first-order valence-corrected chi connectivity index (χ1v) is 7.71. The molecule has 0 unspecified atom stereocenters. The Morgan fingerprint density at radius 3 is 2.50 bits per heavy atom. The summed E-state index contributed by atoms with van der Waals surface area (Å²) in [6.07, 6.45) is 3.62. The van der Waals surface area contributed by atoms with Crippen LogP contribution in [0.4, 0.5) is 5.13 Å². The number of thiazole rings is 1. The molecule has 0 aliphatic carbocycles. The molecule has 20 heavy (non-hydrogen) atoms. The maximum Gasteiger partial charge on any atom is 0.186 e. The summed E-state index contributed by atoms with van der Waals surface area (Å²) < 4.78 is 0. The van der Waals surface area contributed by atoms with Crippen LogP contribution in [0, 0.1) is 0 Å². The lowest BCUT2D eigenvalue weighted by Gasteiger charge is -2.19. The molecule has 2 heterocycles. The molecule has 0 amide bonds. The van der Waals surface area contributed by atoms with Crippen LogP contribution < -0.4 is 4.90 Å². The first kappa shape index (κ1) is 14.9. The Hall–Kier alpha value is -1.46. The first-order valence-electron chi connectivity index (χ1n) is 6.90. The first-order chi connectivity index (χ1) is 9.65. The third kappa shape index (κ3) is 3.35. The standard InChI is InChI=1S/C15H21N3OS/c1-4-18(9-12-5-7-16-8-6-12)15-17-14(11(2)3)13(10-19)20-15/h5-8,11,19H,4,9-10H2,1-3H3. The van der Waals surface area contributed by atoms with Crippen LogP contribution in [0.15, 0.2) is 24.5 Å². The molecule has 0 aliphatic heterocycles. The van der Waals surface area contributed by atoms with E-state index in [1.165, 1.54) is 5.56 Å². The number of hydrogen-bond donors (Lipinski definition) is 1. The molecule has 0 bridgehead atoms. The molecule has 2 rings (SSSR count). The highest BCUT2D eigenvalue weighted by Gasteiger charge is 2.17. The molecule has 2 aromatic rings. The molecule has 5 heteroatoms. The van der Waals surface area contributed by atoms with Gasteiger partial charge >= 0.3 is 0 Å². The zero-order valence-corrected chi connectivity index (χ0v) is 13.0. The molecule has 0 spiro atoms. The van der Waals surface area contributed by atoms with E-state index in [2.05, 4.69) is 30.7 Å². The summed E-state index contributed by atoms with van der Waals surface area (Å²) in [5.41, 5.74) is 2.23. The SMILES string of the molecule is CCN(Cc1ccncc1)c1nc(C(C)C)c(CO)s1. The van der Waals surface area contributed by atoms with Crippen molar-refractivity contribution in [3.05, 3.63) is 40.7 Å². The van der Waals surface area contributed by atoms with Gasteiger partial charge in [-0.05, 0) is 30.5 Å². The Bertz CT molecular complexity index is 539. The van der Waals surface area contributed by atoms with E-state index in [4.69, 9.17) is 4.98 Å². The lowest BCUT2D eigenvalue weighted by molar-refractivity contribution is 0.283. The summed E-state index contributed by atoms with van der Waals surface area (Å²) in [4.78, 5) is 12.0. The predicted molar refractivity (Wildman–Crippen MR) is 83.1 cm³/mol. The topological polar surface area (TPSA) is 49.2 Å². The normalized spacial score (nSPS) is 11.1. The van der Waals surface area contributed by atoms with Crippen molar-refractivity contribution in [3.63, 3.8) is 0 Å². The largest absolute Gasteiger partial charge is 0.391 e. The van der Waals surface area contributed by atoms with Crippen molar-refractivity contribution in [1.82, 2.24) is 9.97 Å². The van der Waals surface area contributed by atoms with Crippen molar-refractivity contribution >= 4 is 16.5 Å². The molecular weight excluding hydrogens is 270 g/mol. The van der Waals surface area contributed by atoms with E-state index < -0.39 is 0 Å². The number of pyridine rings is 1. The van der Waals surface area contributed by atoms with Gasteiger partial charge in [0, 0.05) is 25.5 Å². The number of aliphatic hydroxyl groups is 1.